The Kier molecular flexibility index (Phi) is 4.40. The number of rotatable bonds is 4. The molecule has 2 N–H and O–H groups in total. The van der Waals surface area contributed by atoms with Crippen molar-refractivity contribution in [1.82, 2.24) is 9.97 Å². The van der Waals surface area contributed by atoms with Crippen LogP contribution in [0.2, 0.25) is 0 Å². The van der Waals surface area contributed by atoms with Crippen LogP contribution in [0, 0.1) is 0 Å². The molecule has 0 spiro atoms. The second-order valence-electron chi connectivity index (χ2n) is 5.80. The number of pyridine rings is 1. The highest BCUT2D eigenvalue weighted by Gasteiger charge is 2.19. The van der Waals surface area contributed by atoms with Crippen molar-refractivity contribution in [2.45, 2.75) is 38.6 Å². The van der Waals surface area contributed by atoms with Gasteiger partial charge >= 0.3 is 0 Å². The summed E-state index contributed by atoms with van der Waals surface area (Å²) in [6.45, 7) is 6.49. The summed E-state index contributed by atoms with van der Waals surface area (Å²) in [7, 11) is 1.63. The molecule has 4 nitrogen and oxygen atoms in total. The predicted octanol–water partition coefficient (Wildman–Crippen LogP) is 3.09. The fraction of sp³-hybridized carbons (Fsp3) is 0.467. The molecule has 0 aliphatic rings. The normalized spacial score (nSPS) is 13.2. The summed E-state index contributed by atoms with van der Waals surface area (Å²) in [4.78, 5) is 8.73. The second-order valence-corrected chi connectivity index (χ2v) is 6.75. The van der Waals surface area contributed by atoms with Crippen molar-refractivity contribution in [3.05, 3.63) is 40.1 Å². The third-order valence-corrected chi connectivity index (χ3v) is 4.02. The summed E-state index contributed by atoms with van der Waals surface area (Å²) in [5.41, 5.74) is 8.44. The van der Waals surface area contributed by atoms with Crippen molar-refractivity contribution in [3.8, 4) is 5.75 Å². The molecule has 20 heavy (non-hydrogen) atoms. The minimum atomic E-state index is -0.132. The average molecular weight is 291 g/mol. The van der Waals surface area contributed by atoms with Gasteiger partial charge < -0.3 is 10.5 Å². The molecule has 1 unspecified atom stereocenters. The Morgan fingerprint density at radius 1 is 1.40 bits per heavy atom. The van der Waals surface area contributed by atoms with E-state index in [2.05, 4.69) is 36.1 Å². The predicted molar refractivity (Wildman–Crippen MR) is 82.2 cm³/mol. The number of nitrogens with two attached hydrogens (primary N) is 1. The third kappa shape index (κ3) is 3.35. The van der Waals surface area contributed by atoms with Crippen LogP contribution in [0.25, 0.3) is 0 Å². The molecule has 2 aromatic heterocycles. The van der Waals surface area contributed by atoms with E-state index in [1.165, 1.54) is 0 Å². The Morgan fingerprint density at radius 3 is 2.75 bits per heavy atom. The van der Waals surface area contributed by atoms with Crippen molar-refractivity contribution >= 4 is 11.3 Å². The van der Waals surface area contributed by atoms with E-state index in [0.717, 1.165) is 22.0 Å². The van der Waals surface area contributed by atoms with E-state index in [-0.39, 0.29) is 11.5 Å². The SMILES string of the molecule is COc1cnccc1C(N)Cc1nc(C(C)(C)C)cs1. The number of thiazole rings is 1. The fourth-order valence-corrected chi connectivity index (χ4v) is 3.00. The summed E-state index contributed by atoms with van der Waals surface area (Å²) in [6, 6.07) is 1.77. The van der Waals surface area contributed by atoms with Crippen LogP contribution in [0.15, 0.2) is 23.8 Å². The van der Waals surface area contributed by atoms with Crippen LogP contribution in [-0.2, 0) is 11.8 Å². The first-order valence-corrected chi connectivity index (χ1v) is 7.48. The molecule has 0 aliphatic carbocycles. The van der Waals surface area contributed by atoms with Gasteiger partial charge in [-0.3, -0.25) is 4.98 Å². The van der Waals surface area contributed by atoms with Crippen molar-refractivity contribution < 1.29 is 4.74 Å². The van der Waals surface area contributed by atoms with Gasteiger partial charge in [-0.25, -0.2) is 4.98 Å². The lowest BCUT2D eigenvalue weighted by atomic mass is 9.93. The maximum absolute atomic E-state index is 6.28. The zero-order valence-corrected chi connectivity index (χ0v) is 13.2. The van der Waals surface area contributed by atoms with Crippen LogP contribution in [0.4, 0.5) is 0 Å². The minimum absolute atomic E-state index is 0.0766. The molecule has 0 radical (unpaired) electrons. The molecule has 0 saturated carbocycles. The van der Waals surface area contributed by atoms with Crippen molar-refractivity contribution in [2.24, 2.45) is 5.73 Å². The van der Waals surface area contributed by atoms with Gasteiger partial charge in [0.05, 0.1) is 24.0 Å². The molecule has 1 atom stereocenters. The van der Waals surface area contributed by atoms with Crippen LogP contribution >= 0.6 is 11.3 Å². The topological polar surface area (TPSA) is 61.0 Å². The van der Waals surface area contributed by atoms with Gasteiger partial charge in [0.2, 0.25) is 0 Å². The molecule has 2 heterocycles. The fourth-order valence-electron chi connectivity index (χ4n) is 1.91. The van der Waals surface area contributed by atoms with Gasteiger partial charge in [0.15, 0.2) is 0 Å². The zero-order valence-electron chi connectivity index (χ0n) is 12.4. The van der Waals surface area contributed by atoms with E-state index in [0.29, 0.717) is 6.42 Å². The van der Waals surface area contributed by atoms with E-state index in [4.69, 9.17) is 10.5 Å². The molecule has 0 aliphatic heterocycles. The first-order valence-electron chi connectivity index (χ1n) is 6.60. The Hall–Kier alpha value is -1.46. The Labute approximate surface area is 124 Å². The van der Waals surface area contributed by atoms with Gasteiger partial charge in [0, 0.05) is 35.0 Å². The van der Waals surface area contributed by atoms with E-state index >= 15 is 0 Å². The van der Waals surface area contributed by atoms with E-state index in [1.807, 2.05) is 6.07 Å². The highest BCUT2D eigenvalue weighted by molar-refractivity contribution is 7.09. The highest BCUT2D eigenvalue weighted by atomic mass is 32.1. The van der Waals surface area contributed by atoms with Gasteiger partial charge in [0.1, 0.15) is 5.75 Å². The molecule has 0 aromatic carbocycles. The number of aromatic nitrogens is 2. The molecule has 0 amide bonds. The molecule has 0 fully saturated rings. The quantitative estimate of drug-likeness (QED) is 0.940. The van der Waals surface area contributed by atoms with Crippen molar-refractivity contribution in [1.29, 1.82) is 0 Å². The lowest BCUT2D eigenvalue weighted by Gasteiger charge is -2.15. The summed E-state index contributed by atoms with van der Waals surface area (Å²) in [5, 5.41) is 3.17. The van der Waals surface area contributed by atoms with Crippen LogP contribution in [0.5, 0.6) is 5.75 Å². The largest absolute Gasteiger partial charge is 0.495 e. The zero-order chi connectivity index (χ0) is 14.8. The summed E-state index contributed by atoms with van der Waals surface area (Å²) < 4.78 is 5.30. The van der Waals surface area contributed by atoms with Gasteiger partial charge in [-0.1, -0.05) is 20.8 Å². The van der Waals surface area contributed by atoms with Crippen LogP contribution in [0.1, 0.15) is 43.1 Å². The number of methoxy groups -OCH3 is 1. The maximum Gasteiger partial charge on any atom is 0.141 e. The Bertz CT molecular complexity index is 574. The van der Waals surface area contributed by atoms with E-state index in [9.17, 15) is 0 Å². The Balaban J connectivity index is 2.15. The average Bonchev–Trinajstić information content (AvgIpc) is 2.87. The highest BCUT2D eigenvalue weighted by Crippen LogP contribution is 2.28. The smallest absolute Gasteiger partial charge is 0.141 e. The minimum Gasteiger partial charge on any atom is -0.495 e. The monoisotopic (exact) mass is 291 g/mol. The molecular formula is C15H21N3OS. The lowest BCUT2D eigenvalue weighted by Crippen LogP contribution is -2.15. The molecule has 2 rings (SSSR count). The second kappa shape index (κ2) is 5.89. The van der Waals surface area contributed by atoms with Gasteiger partial charge in [0.25, 0.3) is 0 Å². The van der Waals surface area contributed by atoms with Crippen molar-refractivity contribution in [3.63, 3.8) is 0 Å². The number of hydrogen-bond acceptors (Lipinski definition) is 5. The molecule has 0 saturated heterocycles. The number of ether oxygens (including phenoxy) is 1. The van der Waals surface area contributed by atoms with Gasteiger partial charge in [-0.15, -0.1) is 11.3 Å². The lowest BCUT2D eigenvalue weighted by molar-refractivity contribution is 0.403. The van der Waals surface area contributed by atoms with E-state index < -0.39 is 0 Å². The molecular weight excluding hydrogens is 270 g/mol. The van der Waals surface area contributed by atoms with Gasteiger partial charge in [-0.05, 0) is 6.07 Å². The Morgan fingerprint density at radius 2 is 2.15 bits per heavy atom. The molecule has 2 aromatic rings. The third-order valence-electron chi connectivity index (χ3n) is 3.15. The van der Waals surface area contributed by atoms with Crippen molar-refractivity contribution in [2.75, 3.05) is 7.11 Å². The summed E-state index contributed by atoms with van der Waals surface area (Å²) in [6.07, 6.45) is 4.14. The summed E-state index contributed by atoms with van der Waals surface area (Å²) >= 11 is 1.67. The summed E-state index contributed by atoms with van der Waals surface area (Å²) in [5.74, 6) is 0.729. The standard InChI is InChI=1S/C15H21N3OS/c1-15(2,3)13-9-20-14(18-13)7-11(16)10-5-6-17-8-12(10)19-4/h5-6,8-9,11H,7,16H2,1-4H3. The van der Waals surface area contributed by atoms with Crippen LogP contribution < -0.4 is 10.5 Å². The number of hydrogen-bond donors (Lipinski definition) is 1. The molecule has 5 heteroatoms. The maximum atomic E-state index is 6.28. The molecule has 108 valence electrons. The van der Waals surface area contributed by atoms with Crippen LogP contribution in [0.3, 0.4) is 0 Å². The van der Waals surface area contributed by atoms with Crippen LogP contribution in [-0.4, -0.2) is 17.1 Å². The number of nitrogens with zero attached hydrogens (tertiary/aromatic N) is 2. The van der Waals surface area contributed by atoms with E-state index in [1.54, 1.807) is 30.8 Å². The molecule has 0 bridgehead atoms. The first kappa shape index (κ1) is 14.9. The van der Waals surface area contributed by atoms with Gasteiger partial charge in [-0.2, -0.15) is 0 Å². The first-order chi connectivity index (χ1) is 9.41.